The van der Waals surface area contributed by atoms with Crippen LogP contribution in [0.25, 0.3) is 0 Å². The van der Waals surface area contributed by atoms with Gasteiger partial charge < -0.3 is 10.6 Å². The van der Waals surface area contributed by atoms with Crippen molar-refractivity contribution < 1.29 is 9.18 Å². The van der Waals surface area contributed by atoms with Crippen molar-refractivity contribution in [3.63, 3.8) is 0 Å². The van der Waals surface area contributed by atoms with Crippen LogP contribution >= 0.6 is 27.7 Å². The number of allylic oxidation sites excluding steroid dienone is 1. The SMILES string of the molecule is CC1=C(C(=O)Nc2cccnc2)[C@H](c2cccc(Br)c2)n2nc(SCc3ccccc3F)nc2N1. The number of fused-ring (bicyclic) bond motifs is 1. The van der Waals surface area contributed by atoms with E-state index < -0.39 is 6.04 Å². The van der Waals surface area contributed by atoms with Crippen LogP contribution in [0.1, 0.15) is 24.1 Å². The molecule has 1 aliphatic heterocycles. The summed E-state index contributed by atoms with van der Waals surface area (Å²) >= 11 is 4.87. The van der Waals surface area contributed by atoms with E-state index in [1.165, 1.54) is 17.8 Å². The molecule has 0 saturated heterocycles. The zero-order valence-electron chi connectivity index (χ0n) is 18.6. The van der Waals surface area contributed by atoms with Crippen molar-refractivity contribution in [2.75, 3.05) is 10.6 Å². The van der Waals surface area contributed by atoms with Gasteiger partial charge in [-0.3, -0.25) is 9.78 Å². The van der Waals surface area contributed by atoms with Gasteiger partial charge in [-0.1, -0.05) is 58.0 Å². The average molecular weight is 551 g/mol. The van der Waals surface area contributed by atoms with Crippen LogP contribution in [-0.4, -0.2) is 25.7 Å². The Hall–Kier alpha value is -3.50. The van der Waals surface area contributed by atoms with Crippen molar-refractivity contribution >= 4 is 45.2 Å². The number of carbonyl (C=O) groups is 1. The summed E-state index contributed by atoms with van der Waals surface area (Å²) in [6, 6.07) is 17.4. The lowest BCUT2D eigenvalue weighted by molar-refractivity contribution is -0.113. The molecule has 176 valence electrons. The number of nitrogens with one attached hydrogen (secondary N) is 2. The highest BCUT2D eigenvalue weighted by atomic mass is 79.9. The van der Waals surface area contributed by atoms with E-state index in [2.05, 4.69) is 36.5 Å². The van der Waals surface area contributed by atoms with Gasteiger partial charge in [0.15, 0.2) is 0 Å². The fourth-order valence-electron chi connectivity index (χ4n) is 3.86. The van der Waals surface area contributed by atoms with Gasteiger partial charge in [0.1, 0.15) is 11.9 Å². The zero-order valence-corrected chi connectivity index (χ0v) is 21.0. The van der Waals surface area contributed by atoms with Crippen LogP contribution in [0.5, 0.6) is 0 Å². The predicted octanol–water partition coefficient (Wildman–Crippen LogP) is 5.79. The number of halogens is 2. The number of pyridine rings is 1. The van der Waals surface area contributed by atoms with E-state index in [1.807, 2.05) is 31.2 Å². The summed E-state index contributed by atoms with van der Waals surface area (Å²) in [4.78, 5) is 22.1. The number of carbonyl (C=O) groups excluding carboxylic acids is 1. The monoisotopic (exact) mass is 550 g/mol. The zero-order chi connectivity index (χ0) is 24.4. The number of thioether (sulfide) groups is 1. The van der Waals surface area contributed by atoms with E-state index in [0.29, 0.717) is 39.4 Å². The molecule has 0 bridgehead atoms. The highest BCUT2D eigenvalue weighted by Gasteiger charge is 2.34. The highest BCUT2D eigenvalue weighted by molar-refractivity contribution is 9.10. The Morgan fingerprint density at radius 1 is 1.20 bits per heavy atom. The largest absolute Gasteiger partial charge is 0.328 e. The molecule has 2 aromatic heterocycles. The van der Waals surface area contributed by atoms with Gasteiger partial charge in [-0.2, -0.15) is 4.98 Å². The highest BCUT2D eigenvalue weighted by Crippen LogP contribution is 2.37. The molecule has 0 fully saturated rings. The number of benzene rings is 2. The summed E-state index contributed by atoms with van der Waals surface area (Å²) in [6.45, 7) is 1.84. The van der Waals surface area contributed by atoms with Gasteiger partial charge in [-0.25, -0.2) is 9.07 Å². The second kappa shape index (κ2) is 10.0. The van der Waals surface area contributed by atoms with Crippen LogP contribution in [-0.2, 0) is 10.5 Å². The van der Waals surface area contributed by atoms with Crippen LogP contribution in [0, 0.1) is 5.82 Å². The van der Waals surface area contributed by atoms with Gasteiger partial charge in [0.2, 0.25) is 11.1 Å². The molecule has 0 unspecified atom stereocenters. The van der Waals surface area contributed by atoms with Gasteiger partial charge in [-0.15, -0.1) is 5.10 Å². The van der Waals surface area contributed by atoms with E-state index in [9.17, 15) is 9.18 Å². The van der Waals surface area contributed by atoms with Crippen molar-refractivity contribution in [3.05, 3.63) is 106 Å². The summed E-state index contributed by atoms with van der Waals surface area (Å²) < 4.78 is 16.7. The molecule has 4 aromatic rings. The summed E-state index contributed by atoms with van der Waals surface area (Å²) in [5.41, 5.74) is 3.22. The topological polar surface area (TPSA) is 84.7 Å². The molecule has 0 saturated carbocycles. The van der Waals surface area contributed by atoms with Gasteiger partial charge in [0.25, 0.3) is 5.91 Å². The number of amides is 1. The lowest BCUT2D eigenvalue weighted by atomic mass is 9.95. The minimum Gasteiger partial charge on any atom is -0.328 e. The van der Waals surface area contributed by atoms with Crippen molar-refractivity contribution in [1.29, 1.82) is 0 Å². The molecule has 2 aromatic carbocycles. The van der Waals surface area contributed by atoms with E-state index in [4.69, 9.17) is 5.10 Å². The number of hydrogen-bond donors (Lipinski definition) is 2. The van der Waals surface area contributed by atoms with E-state index >= 15 is 0 Å². The quantitative estimate of drug-likeness (QED) is 0.295. The van der Waals surface area contributed by atoms with Crippen molar-refractivity contribution in [2.24, 2.45) is 0 Å². The Labute approximate surface area is 214 Å². The number of rotatable bonds is 6. The Kier molecular flexibility index (Phi) is 6.65. The lowest BCUT2D eigenvalue weighted by Gasteiger charge is -2.28. The Balaban J connectivity index is 1.50. The lowest BCUT2D eigenvalue weighted by Crippen LogP contribution is -2.31. The first-order valence-electron chi connectivity index (χ1n) is 10.8. The van der Waals surface area contributed by atoms with E-state index in [0.717, 1.165) is 10.0 Å². The number of nitrogens with zero attached hydrogens (tertiary/aromatic N) is 4. The number of hydrogen-bond acceptors (Lipinski definition) is 6. The molecule has 10 heteroatoms. The Morgan fingerprint density at radius 2 is 2.06 bits per heavy atom. The fourth-order valence-corrected chi connectivity index (χ4v) is 5.10. The van der Waals surface area contributed by atoms with Crippen LogP contribution in [0.2, 0.25) is 0 Å². The van der Waals surface area contributed by atoms with Gasteiger partial charge in [-0.05, 0) is 48.4 Å². The third kappa shape index (κ3) is 4.98. The molecular weight excluding hydrogens is 531 g/mol. The molecule has 7 nitrogen and oxygen atoms in total. The summed E-state index contributed by atoms with van der Waals surface area (Å²) in [5.74, 6) is 0.371. The maximum absolute atomic E-state index is 14.1. The Morgan fingerprint density at radius 3 is 2.83 bits per heavy atom. The van der Waals surface area contributed by atoms with Crippen LogP contribution in [0.3, 0.4) is 0 Å². The first-order valence-corrected chi connectivity index (χ1v) is 12.5. The average Bonchev–Trinajstić information content (AvgIpc) is 3.25. The van der Waals surface area contributed by atoms with E-state index in [1.54, 1.807) is 47.4 Å². The smallest absolute Gasteiger partial charge is 0.255 e. The third-order valence-corrected chi connectivity index (χ3v) is 6.86. The van der Waals surface area contributed by atoms with Crippen LogP contribution < -0.4 is 10.6 Å². The van der Waals surface area contributed by atoms with Crippen molar-refractivity contribution in [1.82, 2.24) is 19.7 Å². The first-order chi connectivity index (χ1) is 17.0. The Bertz CT molecular complexity index is 1420. The first kappa shape index (κ1) is 23.3. The molecule has 2 N–H and O–H groups in total. The molecule has 1 atom stereocenters. The predicted molar refractivity (Wildman–Crippen MR) is 137 cm³/mol. The molecule has 0 spiro atoms. The van der Waals surface area contributed by atoms with E-state index in [-0.39, 0.29) is 11.7 Å². The fraction of sp³-hybridized carbons (Fsp3) is 0.120. The molecule has 1 amide bonds. The third-order valence-electron chi connectivity index (χ3n) is 5.48. The minimum atomic E-state index is -0.518. The molecule has 35 heavy (non-hydrogen) atoms. The second-order valence-electron chi connectivity index (χ2n) is 7.86. The van der Waals surface area contributed by atoms with Crippen molar-refractivity contribution in [3.8, 4) is 0 Å². The van der Waals surface area contributed by atoms with Gasteiger partial charge >= 0.3 is 0 Å². The molecule has 1 aliphatic rings. The summed E-state index contributed by atoms with van der Waals surface area (Å²) in [7, 11) is 0. The van der Waals surface area contributed by atoms with Gasteiger partial charge in [0.05, 0.1) is 17.5 Å². The number of anilines is 2. The van der Waals surface area contributed by atoms with Crippen LogP contribution in [0.15, 0.2) is 94.0 Å². The minimum absolute atomic E-state index is 0.263. The maximum atomic E-state index is 14.1. The standard InChI is InChI=1S/C25H20BrFN6OS/c1-15-21(23(34)30-19-9-5-11-28-13-19)22(16-7-4-8-18(26)12-16)33-24(29-15)31-25(32-33)35-14-17-6-2-3-10-20(17)27/h2-13,22H,14H2,1H3,(H,30,34)(H,29,31,32)/t22-/m0/s1. The molecule has 0 aliphatic carbocycles. The normalized spacial score (nSPS) is 14.9. The molecule has 0 radical (unpaired) electrons. The molecule has 5 rings (SSSR count). The van der Waals surface area contributed by atoms with Crippen molar-refractivity contribution in [2.45, 2.75) is 23.9 Å². The van der Waals surface area contributed by atoms with Crippen LogP contribution in [0.4, 0.5) is 16.0 Å². The van der Waals surface area contributed by atoms with Gasteiger partial charge in [0, 0.05) is 22.1 Å². The molecular formula is C25H20BrFN6OS. The second-order valence-corrected chi connectivity index (χ2v) is 9.72. The summed E-state index contributed by atoms with van der Waals surface area (Å²) in [5, 5.41) is 11.3. The summed E-state index contributed by atoms with van der Waals surface area (Å²) in [6.07, 6.45) is 3.24. The molecule has 3 heterocycles. The number of aromatic nitrogens is 4. The maximum Gasteiger partial charge on any atom is 0.255 e.